The summed E-state index contributed by atoms with van der Waals surface area (Å²) in [6.07, 6.45) is 3.69. The highest BCUT2D eigenvalue weighted by Gasteiger charge is 2.43. The Bertz CT molecular complexity index is 490. The van der Waals surface area contributed by atoms with Gasteiger partial charge in [-0.3, -0.25) is 4.79 Å². The molecule has 104 valence electrons. The highest BCUT2D eigenvalue weighted by atomic mass is 19.1. The van der Waals surface area contributed by atoms with Crippen LogP contribution in [0.2, 0.25) is 0 Å². The summed E-state index contributed by atoms with van der Waals surface area (Å²) in [5.41, 5.74) is 0.00224. The van der Waals surface area contributed by atoms with Crippen LogP contribution in [0.3, 0.4) is 0 Å². The van der Waals surface area contributed by atoms with Crippen LogP contribution in [0.5, 0.6) is 5.75 Å². The molecular weight excluding hydrogens is 247 g/mol. The molecule has 1 aromatic rings. The second-order valence-electron chi connectivity index (χ2n) is 5.25. The Morgan fingerprint density at radius 3 is 2.47 bits per heavy atom. The van der Waals surface area contributed by atoms with Gasteiger partial charge >= 0.3 is 5.97 Å². The van der Waals surface area contributed by atoms with Crippen molar-refractivity contribution in [3.63, 3.8) is 0 Å². The molecule has 2 rings (SSSR count). The molecule has 1 N–H and O–H groups in total. The summed E-state index contributed by atoms with van der Waals surface area (Å²) < 4.78 is 19.3. The van der Waals surface area contributed by atoms with Gasteiger partial charge in [-0.15, -0.1) is 0 Å². The summed E-state index contributed by atoms with van der Waals surface area (Å²) >= 11 is 0. The van der Waals surface area contributed by atoms with E-state index in [2.05, 4.69) is 0 Å². The summed E-state index contributed by atoms with van der Waals surface area (Å²) in [7, 11) is 1.48. The van der Waals surface area contributed by atoms with E-state index in [1.54, 1.807) is 13.0 Å². The van der Waals surface area contributed by atoms with E-state index in [1.165, 1.54) is 13.2 Å². The predicted octanol–water partition coefficient (Wildman–Crippen LogP) is 3.43. The van der Waals surface area contributed by atoms with Gasteiger partial charge in [0.25, 0.3) is 0 Å². The summed E-state index contributed by atoms with van der Waals surface area (Å²) in [6, 6.07) is 2.93. The molecule has 0 saturated heterocycles. The van der Waals surface area contributed by atoms with E-state index in [4.69, 9.17) is 4.74 Å². The molecule has 1 fully saturated rings. The quantitative estimate of drug-likeness (QED) is 0.911. The molecule has 1 saturated carbocycles. The van der Waals surface area contributed by atoms with Gasteiger partial charge in [0.15, 0.2) is 0 Å². The van der Waals surface area contributed by atoms with Crippen LogP contribution in [0.15, 0.2) is 12.1 Å². The molecule has 0 heterocycles. The van der Waals surface area contributed by atoms with Gasteiger partial charge in [0.1, 0.15) is 11.6 Å². The van der Waals surface area contributed by atoms with Crippen LogP contribution in [-0.2, 0) is 10.2 Å². The molecule has 0 radical (unpaired) electrons. The third-order valence-electron chi connectivity index (χ3n) is 4.12. The molecule has 3 nitrogen and oxygen atoms in total. The first kappa shape index (κ1) is 13.8. The van der Waals surface area contributed by atoms with Crippen molar-refractivity contribution in [1.29, 1.82) is 0 Å². The number of carbonyl (C=O) groups is 1. The fourth-order valence-corrected chi connectivity index (χ4v) is 3.00. The lowest BCUT2D eigenvalue weighted by Gasteiger charge is -2.34. The van der Waals surface area contributed by atoms with Crippen LogP contribution in [-0.4, -0.2) is 18.2 Å². The lowest BCUT2D eigenvalue weighted by molar-refractivity contribution is -0.145. The minimum absolute atomic E-state index is 0.304. The molecule has 0 unspecified atom stereocenters. The van der Waals surface area contributed by atoms with Crippen LogP contribution in [0, 0.1) is 12.7 Å². The van der Waals surface area contributed by atoms with Crippen molar-refractivity contribution in [1.82, 2.24) is 0 Å². The Morgan fingerprint density at radius 2 is 1.95 bits per heavy atom. The van der Waals surface area contributed by atoms with Gasteiger partial charge < -0.3 is 9.84 Å². The smallest absolute Gasteiger partial charge is 0.314 e. The fourth-order valence-electron chi connectivity index (χ4n) is 3.00. The number of aryl methyl sites for hydroxylation is 1. The maximum absolute atomic E-state index is 14.3. The first-order valence-corrected chi connectivity index (χ1v) is 6.59. The van der Waals surface area contributed by atoms with E-state index in [-0.39, 0.29) is 0 Å². The minimum atomic E-state index is -1.07. The molecule has 0 bridgehead atoms. The average molecular weight is 266 g/mol. The van der Waals surface area contributed by atoms with Crippen LogP contribution in [0.4, 0.5) is 4.39 Å². The Hall–Kier alpha value is -1.58. The highest BCUT2D eigenvalue weighted by Crippen LogP contribution is 2.42. The van der Waals surface area contributed by atoms with E-state index < -0.39 is 17.2 Å². The number of halogens is 1. The molecule has 19 heavy (non-hydrogen) atoms. The van der Waals surface area contributed by atoms with Gasteiger partial charge in [-0.2, -0.15) is 0 Å². The summed E-state index contributed by atoms with van der Waals surface area (Å²) in [5, 5.41) is 9.59. The summed E-state index contributed by atoms with van der Waals surface area (Å²) in [5.74, 6) is -0.944. The maximum atomic E-state index is 14.3. The summed E-state index contributed by atoms with van der Waals surface area (Å²) in [4.78, 5) is 11.7. The Morgan fingerprint density at radius 1 is 1.32 bits per heavy atom. The van der Waals surface area contributed by atoms with E-state index in [0.717, 1.165) is 24.8 Å². The monoisotopic (exact) mass is 266 g/mol. The third-order valence-corrected chi connectivity index (χ3v) is 4.12. The number of ether oxygens (including phenoxy) is 1. The molecule has 1 aromatic carbocycles. The van der Waals surface area contributed by atoms with E-state index in [9.17, 15) is 14.3 Å². The van der Waals surface area contributed by atoms with E-state index >= 15 is 0 Å². The number of benzene rings is 1. The molecule has 0 spiro atoms. The van der Waals surface area contributed by atoms with Crippen molar-refractivity contribution in [3.8, 4) is 5.75 Å². The van der Waals surface area contributed by atoms with E-state index in [1.807, 2.05) is 0 Å². The van der Waals surface area contributed by atoms with Gasteiger partial charge in [0.05, 0.1) is 12.5 Å². The zero-order valence-electron chi connectivity index (χ0n) is 11.3. The predicted molar refractivity (Wildman–Crippen MR) is 70.1 cm³/mol. The van der Waals surface area contributed by atoms with Crippen LogP contribution in [0.1, 0.15) is 43.2 Å². The van der Waals surface area contributed by atoms with Gasteiger partial charge in [-0.05, 0) is 31.4 Å². The molecule has 0 aromatic heterocycles. The second kappa shape index (κ2) is 5.19. The Balaban J connectivity index is 2.54. The van der Waals surface area contributed by atoms with Gasteiger partial charge in [0, 0.05) is 11.6 Å². The van der Waals surface area contributed by atoms with Crippen molar-refractivity contribution in [2.45, 2.75) is 44.4 Å². The molecule has 1 aliphatic rings. The maximum Gasteiger partial charge on any atom is 0.314 e. The normalized spacial score (nSPS) is 18.1. The van der Waals surface area contributed by atoms with Crippen LogP contribution in [0.25, 0.3) is 0 Å². The third kappa shape index (κ3) is 2.31. The van der Waals surface area contributed by atoms with Gasteiger partial charge in [-0.1, -0.05) is 19.3 Å². The standard InChI is InChI=1S/C15H19FO3/c1-10-8-11(12(16)9-13(10)19-2)15(14(17)18)6-4-3-5-7-15/h8-9H,3-7H2,1-2H3,(H,17,18). The fraction of sp³-hybridized carbons (Fsp3) is 0.533. The Labute approximate surface area is 112 Å². The SMILES string of the molecule is COc1cc(F)c(C2(C(=O)O)CCCCC2)cc1C. The zero-order valence-corrected chi connectivity index (χ0v) is 11.3. The average Bonchev–Trinajstić information content (AvgIpc) is 2.41. The molecular formula is C15H19FO3. The Kier molecular flexibility index (Phi) is 3.78. The molecule has 0 aliphatic heterocycles. The van der Waals surface area contributed by atoms with Crippen LogP contribution >= 0.6 is 0 Å². The largest absolute Gasteiger partial charge is 0.496 e. The number of carboxylic acid groups (broad SMARTS) is 1. The number of rotatable bonds is 3. The number of aliphatic carboxylic acids is 1. The van der Waals surface area contributed by atoms with Crippen molar-refractivity contribution < 1.29 is 19.0 Å². The number of hydrogen-bond donors (Lipinski definition) is 1. The van der Waals surface area contributed by atoms with Gasteiger partial charge in [-0.25, -0.2) is 4.39 Å². The van der Waals surface area contributed by atoms with Crippen molar-refractivity contribution in [2.75, 3.05) is 7.11 Å². The first-order valence-electron chi connectivity index (χ1n) is 6.59. The number of hydrogen-bond acceptors (Lipinski definition) is 2. The first-order chi connectivity index (χ1) is 9.01. The molecule has 0 amide bonds. The van der Waals surface area contributed by atoms with Crippen molar-refractivity contribution in [2.24, 2.45) is 0 Å². The lowest BCUT2D eigenvalue weighted by atomic mass is 9.69. The number of methoxy groups -OCH3 is 1. The molecule has 0 atom stereocenters. The zero-order chi connectivity index (χ0) is 14.0. The topological polar surface area (TPSA) is 46.5 Å². The van der Waals surface area contributed by atoms with Crippen molar-refractivity contribution >= 4 is 5.97 Å². The molecule has 4 heteroatoms. The van der Waals surface area contributed by atoms with E-state index in [0.29, 0.717) is 24.2 Å². The number of carboxylic acids is 1. The highest BCUT2D eigenvalue weighted by molar-refractivity contribution is 5.81. The molecule has 1 aliphatic carbocycles. The minimum Gasteiger partial charge on any atom is -0.496 e. The lowest BCUT2D eigenvalue weighted by Crippen LogP contribution is -2.38. The van der Waals surface area contributed by atoms with Gasteiger partial charge in [0.2, 0.25) is 0 Å². The van der Waals surface area contributed by atoms with Crippen molar-refractivity contribution in [3.05, 3.63) is 29.1 Å². The summed E-state index contributed by atoms with van der Waals surface area (Å²) in [6.45, 7) is 1.81. The van der Waals surface area contributed by atoms with Crippen LogP contribution < -0.4 is 4.74 Å². The second-order valence-corrected chi connectivity index (χ2v) is 5.25.